The van der Waals surface area contributed by atoms with Crippen molar-refractivity contribution in [1.29, 1.82) is 0 Å². The van der Waals surface area contributed by atoms with Gasteiger partial charge in [-0.05, 0) is 54.8 Å². The van der Waals surface area contributed by atoms with E-state index in [0.717, 1.165) is 35.8 Å². The SMILES string of the molecule is CCCCCc1cc2ccc(C)c(C)c2c(F)c1F. The van der Waals surface area contributed by atoms with Crippen LogP contribution in [0.15, 0.2) is 18.2 Å². The van der Waals surface area contributed by atoms with Crippen molar-refractivity contribution < 1.29 is 8.78 Å². The van der Waals surface area contributed by atoms with Gasteiger partial charge in [0, 0.05) is 5.39 Å². The summed E-state index contributed by atoms with van der Waals surface area (Å²) in [5.74, 6) is -1.36. The fourth-order valence-electron chi connectivity index (χ4n) is 2.50. The first-order valence-corrected chi connectivity index (χ1v) is 6.93. The Labute approximate surface area is 113 Å². The van der Waals surface area contributed by atoms with E-state index in [4.69, 9.17) is 0 Å². The molecule has 0 N–H and O–H groups in total. The van der Waals surface area contributed by atoms with Gasteiger partial charge >= 0.3 is 0 Å². The lowest BCUT2D eigenvalue weighted by Gasteiger charge is -2.11. The summed E-state index contributed by atoms with van der Waals surface area (Å²) in [6, 6.07) is 5.64. The molecular weight excluding hydrogens is 242 g/mol. The second-order valence-corrected chi connectivity index (χ2v) is 5.23. The van der Waals surface area contributed by atoms with Crippen LogP contribution in [0.25, 0.3) is 10.8 Å². The fraction of sp³-hybridized carbons (Fsp3) is 0.412. The molecule has 0 unspecified atom stereocenters. The molecule has 0 heterocycles. The lowest BCUT2D eigenvalue weighted by Crippen LogP contribution is -1.98. The third kappa shape index (κ3) is 2.63. The predicted octanol–water partition coefficient (Wildman–Crippen LogP) is 5.47. The van der Waals surface area contributed by atoms with Crippen LogP contribution in [0.5, 0.6) is 0 Å². The monoisotopic (exact) mass is 262 g/mol. The summed E-state index contributed by atoms with van der Waals surface area (Å²) in [6.07, 6.45) is 3.64. The Morgan fingerprint density at radius 2 is 1.74 bits per heavy atom. The molecule has 0 aliphatic rings. The minimum Gasteiger partial charge on any atom is -0.203 e. The lowest BCUT2D eigenvalue weighted by molar-refractivity contribution is 0.504. The molecule has 0 atom stereocenters. The van der Waals surface area contributed by atoms with Crippen LogP contribution in [0.2, 0.25) is 0 Å². The first kappa shape index (κ1) is 14.0. The molecule has 102 valence electrons. The zero-order chi connectivity index (χ0) is 14.0. The van der Waals surface area contributed by atoms with Crippen molar-refractivity contribution in [2.75, 3.05) is 0 Å². The maximum atomic E-state index is 14.2. The van der Waals surface area contributed by atoms with Gasteiger partial charge in [0.25, 0.3) is 0 Å². The van der Waals surface area contributed by atoms with E-state index in [1.54, 1.807) is 6.07 Å². The standard InChI is InChI=1S/C17H20F2/c1-4-5-6-7-14-10-13-9-8-11(2)12(3)15(13)17(19)16(14)18/h8-10H,4-7H2,1-3H3. The molecule has 0 spiro atoms. The van der Waals surface area contributed by atoms with Gasteiger partial charge in [0.2, 0.25) is 0 Å². The van der Waals surface area contributed by atoms with E-state index < -0.39 is 11.6 Å². The molecule has 2 aromatic rings. The van der Waals surface area contributed by atoms with Gasteiger partial charge < -0.3 is 0 Å². The van der Waals surface area contributed by atoms with E-state index in [0.29, 0.717) is 17.4 Å². The summed E-state index contributed by atoms with van der Waals surface area (Å²) < 4.78 is 28.3. The second kappa shape index (κ2) is 5.68. The normalized spacial score (nSPS) is 11.2. The molecule has 0 saturated heterocycles. The highest BCUT2D eigenvalue weighted by atomic mass is 19.2. The molecule has 0 fully saturated rings. The number of halogens is 2. The van der Waals surface area contributed by atoms with Crippen molar-refractivity contribution in [2.24, 2.45) is 0 Å². The van der Waals surface area contributed by atoms with Crippen LogP contribution in [0.4, 0.5) is 8.78 Å². The molecule has 0 bridgehead atoms. The Morgan fingerprint density at radius 3 is 2.42 bits per heavy atom. The van der Waals surface area contributed by atoms with Crippen LogP contribution in [0.1, 0.15) is 42.9 Å². The molecule has 2 rings (SSSR count). The van der Waals surface area contributed by atoms with Crippen LogP contribution in [-0.4, -0.2) is 0 Å². The van der Waals surface area contributed by atoms with Gasteiger partial charge in [-0.2, -0.15) is 0 Å². The molecular formula is C17H20F2. The highest BCUT2D eigenvalue weighted by Crippen LogP contribution is 2.29. The van der Waals surface area contributed by atoms with Crippen molar-refractivity contribution in [3.05, 3.63) is 46.5 Å². The molecule has 0 saturated carbocycles. The van der Waals surface area contributed by atoms with E-state index in [-0.39, 0.29) is 0 Å². The van der Waals surface area contributed by atoms with E-state index in [9.17, 15) is 8.78 Å². The van der Waals surface area contributed by atoms with Crippen molar-refractivity contribution in [3.8, 4) is 0 Å². The minimum absolute atomic E-state index is 0.428. The second-order valence-electron chi connectivity index (χ2n) is 5.23. The Morgan fingerprint density at radius 1 is 1.00 bits per heavy atom. The number of rotatable bonds is 4. The molecule has 0 aliphatic heterocycles. The van der Waals surface area contributed by atoms with Crippen molar-refractivity contribution in [3.63, 3.8) is 0 Å². The Kier molecular flexibility index (Phi) is 4.18. The Balaban J connectivity index is 2.52. The Hall–Kier alpha value is -1.44. The highest BCUT2D eigenvalue weighted by Gasteiger charge is 2.15. The number of unbranched alkanes of at least 4 members (excludes halogenated alkanes) is 2. The summed E-state index contributed by atoms with van der Waals surface area (Å²) >= 11 is 0. The summed E-state index contributed by atoms with van der Waals surface area (Å²) in [5.41, 5.74) is 2.32. The van der Waals surface area contributed by atoms with Crippen molar-refractivity contribution >= 4 is 10.8 Å². The number of hydrogen-bond donors (Lipinski definition) is 0. The van der Waals surface area contributed by atoms with Gasteiger partial charge in [-0.1, -0.05) is 31.9 Å². The molecule has 0 radical (unpaired) electrons. The quantitative estimate of drug-likeness (QED) is 0.641. The van der Waals surface area contributed by atoms with E-state index in [1.165, 1.54) is 0 Å². The average molecular weight is 262 g/mol. The number of hydrogen-bond acceptors (Lipinski definition) is 0. The average Bonchev–Trinajstić information content (AvgIpc) is 2.39. The van der Waals surface area contributed by atoms with Crippen molar-refractivity contribution in [2.45, 2.75) is 46.5 Å². The molecule has 2 heteroatoms. The molecule has 2 aromatic carbocycles. The summed E-state index contributed by atoms with van der Waals surface area (Å²) in [6.45, 7) is 5.86. The zero-order valence-electron chi connectivity index (χ0n) is 11.8. The van der Waals surface area contributed by atoms with Gasteiger partial charge in [-0.3, -0.25) is 0 Å². The van der Waals surface area contributed by atoms with Crippen LogP contribution in [-0.2, 0) is 6.42 Å². The first-order valence-electron chi connectivity index (χ1n) is 6.93. The maximum absolute atomic E-state index is 14.2. The number of fused-ring (bicyclic) bond motifs is 1. The zero-order valence-corrected chi connectivity index (χ0v) is 11.8. The van der Waals surface area contributed by atoms with Crippen molar-refractivity contribution in [1.82, 2.24) is 0 Å². The van der Waals surface area contributed by atoms with Gasteiger partial charge in [-0.15, -0.1) is 0 Å². The lowest BCUT2D eigenvalue weighted by atomic mass is 9.96. The maximum Gasteiger partial charge on any atom is 0.167 e. The van der Waals surface area contributed by atoms with Gasteiger partial charge in [0.05, 0.1) is 0 Å². The minimum atomic E-state index is -0.690. The van der Waals surface area contributed by atoms with Gasteiger partial charge in [0.15, 0.2) is 11.6 Å². The van der Waals surface area contributed by atoms with Crippen LogP contribution >= 0.6 is 0 Å². The van der Waals surface area contributed by atoms with Crippen LogP contribution in [0, 0.1) is 25.5 Å². The first-order chi connectivity index (χ1) is 9.06. The summed E-state index contributed by atoms with van der Waals surface area (Å²) in [7, 11) is 0. The number of aryl methyl sites for hydroxylation is 3. The third-order valence-corrected chi connectivity index (χ3v) is 3.84. The third-order valence-electron chi connectivity index (χ3n) is 3.84. The molecule has 0 nitrogen and oxygen atoms in total. The van der Waals surface area contributed by atoms with Crippen LogP contribution < -0.4 is 0 Å². The summed E-state index contributed by atoms with van der Waals surface area (Å²) in [5, 5.41) is 1.23. The van der Waals surface area contributed by atoms with E-state index >= 15 is 0 Å². The smallest absolute Gasteiger partial charge is 0.167 e. The molecule has 0 amide bonds. The number of benzene rings is 2. The van der Waals surface area contributed by atoms with E-state index in [2.05, 4.69) is 6.92 Å². The Bertz CT molecular complexity index is 600. The molecule has 19 heavy (non-hydrogen) atoms. The largest absolute Gasteiger partial charge is 0.203 e. The molecule has 0 aromatic heterocycles. The topological polar surface area (TPSA) is 0 Å². The molecule has 0 aliphatic carbocycles. The van der Waals surface area contributed by atoms with Gasteiger partial charge in [0.1, 0.15) is 0 Å². The fourth-order valence-corrected chi connectivity index (χ4v) is 2.50. The van der Waals surface area contributed by atoms with Crippen LogP contribution in [0.3, 0.4) is 0 Å². The van der Waals surface area contributed by atoms with Gasteiger partial charge in [-0.25, -0.2) is 8.78 Å². The summed E-state index contributed by atoms with van der Waals surface area (Å²) in [4.78, 5) is 0. The van der Waals surface area contributed by atoms with E-state index in [1.807, 2.05) is 26.0 Å². The predicted molar refractivity (Wildman–Crippen MR) is 76.6 cm³/mol. The highest BCUT2D eigenvalue weighted by molar-refractivity contribution is 5.88.